The summed E-state index contributed by atoms with van der Waals surface area (Å²) in [7, 11) is 0. The molecule has 2 fully saturated rings. The van der Waals surface area contributed by atoms with E-state index < -0.39 is 29.3 Å². The Hall–Kier alpha value is -2.78. The monoisotopic (exact) mass is 398 g/mol. The molecule has 2 saturated heterocycles. The van der Waals surface area contributed by atoms with Crippen LogP contribution in [0.2, 0.25) is 0 Å². The minimum absolute atomic E-state index is 0.0412. The fourth-order valence-electron chi connectivity index (χ4n) is 3.51. The molecule has 2 aliphatic rings. The molecule has 0 atom stereocenters. The van der Waals surface area contributed by atoms with Gasteiger partial charge >= 0.3 is 18.2 Å². The van der Waals surface area contributed by atoms with Crippen molar-refractivity contribution in [2.45, 2.75) is 37.9 Å². The molecule has 0 saturated carbocycles. The second-order valence-corrected chi connectivity index (χ2v) is 6.96. The van der Waals surface area contributed by atoms with Gasteiger partial charge in [0.25, 0.3) is 5.91 Å². The van der Waals surface area contributed by atoms with Crippen molar-refractivity contribution in [1.29, 1.82) is 0 Å². The van der Waals surface area contributed by atoms with Crippen LogP contribution in [0.4, 0.5) is 28.4 Å². The second kappa shape index (κ2) is 7.33. The zero-order valence-corrected chi connectivity index (χ0v) is 15.3. The summed E-state index contributed by atoms with van der Waals surface area (Å²) in [6.07, 6.45) is -3.33. The molecule has 28 heavy (non-hydrogen) atoms. The molecule has 2 aliphatic heterocycles. The Morgan fingerprint density at radius 2 is 1.93 bits per heavy atom. The van der Waals surface area contributed by atoms with Gasteiger partial charge in [-0.1, -0.05) is 13.0 Å². The molecule has 0 radical (unpaired) electrons. The highest BCUT2D eigenvalue weighted by atomic mass is 19.4. The number of urea groups is 2. The van der Waals surface area contributed by atoms with E-state index in [1.165, 1.54) is 21.9 Å². The van der Waals surface area contributed by atoms with Gasteiger partial charge in [-0.05, 0) is 37.5 Å². The van der Waals surface area contributed by atoms with Crippen LogP contribution in [0.25, 0.3) is 0 Å². The molecule has 0 aromatic heterocycles. The second-order valence-electron chi connectivity index (χ2n) is 6.96. The molecule has 7 nitrogen and oxygen atoms in total. The molecule has 0 unspecified atom stereocenters. The zero-order valence-electron chi connectivity index (χ0n) is 15.3. The quantitative estimate of drug-likeness (QED) is 0.768. The van der Waals surface area contributed by atoms with Gasteiger partial charge in [0, 0.05) is 25.3 Å². The van der Waals surface area contributed by atoms with E-state index in [-0.39, 0.29) is 37.5 Å². The highest BCUT2D eigenvalue weighted by Gasteiger charge is 2.52. The Kier molecular flexibility index (Phi) is 5.22. The highest BCUT2D eigenvalue weighted by Crippen LogP contribution is 2.32. The van der Waals surface area contributed by atoms with Crippen LogP contribution < -0.4 is 10.6 Å². The maximum absolute atomic E-state index is 12.8. The molecule has 0 bridgehead atoms. The summed E-state index contributed by atoms with van der Waals surface area (Å²) in [5.41, 5.74) is -1.81. The molecule has 152 valence electrons. The number of rotatable bonds is 3. The van der Waals surface area contributed by atoms with Gasteiger partial charge in [0.05, 0.1) is 5.56 Å². The summed E-state index contributed by atoms with van der Waals surface area (Å²) in [5.74, 6) is -0.280. The fourth-order valence-corrected chi connectivity index (χ4v) is 3.51. The number of carbonyl (C=O) groups excluding carboxylic acids is 3. The largest absolute Gasteiger partial charge is 0.416 e. The molecule has 0 aliphatic carbocycles. The number of carbonyl (C=O) groups is 3. The Morgan fingerprint density at radius 3 is 2.54 bits per heavy atom. The Morgan fingerprint density at radius 1 is 1.25 bits per heavy atom. The molecule has 10 heteroatoms. The van der Waals surface area contributed by atoms with Gasteiger partial charge in [0.1, 0.15) is 5.54 Å². The smallest absolute Gasteiger partial charge is 0.324 e. The van der Waals surface area contributed by atoms with E-state index in [1.54, 1.807) is 0 Å². The fraction of sp³-hybridized carbons (Fsp3) is 0.500. The predicted octanol–water partition coefficient (Wildman–Crippen LogP) is 3.03. The van der Waals surface area contributed by atoms with Gasteiger partial charge in [-0.3, -0.25) is 9.69 Å². The third kappa shape index (κ3) is 3.76. The number of piperidine rings is 1. The van der Waals surface area contributed by atoms with Crippen molar-refractivity contribution in [3.8, 4) is 0 Å². The standard InChI is InChI=1S/C18H21F3N4O3/c1-2-8-25-14(26)17(23-16(25)28)6-9-24(10-7-17)15(27)22-13-5-3-4-12(11-13)18(19,20)21/h3-5,11H,2,6-10H2,1H3,(H,22,27)(H,23,28). The third-order valence-electron chi connectivity index (χ3n) is 5.04. The van der Waals surface area contributed by atoms with Crippen molar-refractivity contribution in [3.05, 3.63) is 29.8 Å². The molecule has 1 spiro atoms. The number of hydrogen-bond donors (Lipinski definition) is 2. The lowest BCUT2D eigenvalue weighted by Gasteiger charge is -2.37. The summed E-state index contributed by atoms with van der Waals surface area (Å²) < 4.78 is 38.4. The number of halogens is 3. The van der Waals surface area contributed by atoms with Gasteiger partial charge in [-0.25, -0.2) is 9.59 Å². The first kappa shape index (κ1) is 20.0. The van der Waals surface area contributed by atoms with Crippen LogP contribution in [0.5, 0.6) is 0 Å². The van der Waals surface area contributed by atoms with Gasteiger partial charge in [-0.15, -0.1) is 0 Å². The summed E-state index contributed by atoms with van der Waals surface area (Å²) in [6.45, 7) is 2.62. The maximum Gasteiger partial charge on any atom is 0.416 e. The van der Waals surface area contributed by atoms with Gasteiger partial charge in [0.2, 0.25) is 0 Å². The van der Waals surface area contributed by atoms with Crippen LogP contribution in [0, 0.1) is 0 Å². The van der Waals surface area contributed by atoms with E-state index in [1.807, 2.05) is 6.92 Å². The first-order chi connectivity index (χ1) is 13.2. The third-order valence-corrected chi connectivity index (χ3v) is 5.04. The van der Waals surface area contributed by atoms with Crippen molar-refractivity contribution < 1.29 is 27.6 Å². The Balaban J connectivity index is 1.62. The number of alkyl halides is 3. The number of benzene rings is 1. The average molecular weight is 398 g/mol. The van der Waals surface area contributed by atoms with Gasteiger partial charge in [-0.2, -0.15) is 13.2 Å². The number of amides is 5. The minimum atomic E-state index is -4.50. The normalized spacial score (nSPS) is 19.1. The van der Waals surface area contributed by atoms with Crippen molar-refractivity contribution in [2.24, 2.45) is 0 Å². The number of imide groups is 1. The topological polar surface area (TPSA) is 81.8 Å². The predicted molar refractivity (Wildman–Crippen MR) is 94.5 cm³/mol. The molecule has 1 aromatic rings. The number of hydrogen-bond acceptors (Lipinski definition) is 3. The summed E-state index contributed by atoms with van der Waals surface area (Å²) in [5, 5.41) is 5.20. The van der Waals surface area contributed by atoms with E-state index in [2.05, 4.69) is 10.6 Å². The zero-order chi connectivity index (χ0) is 20.5. The van der Waals surface area contributed by atoms with Crippen molar-refractivity contribution in [3.63, 3.8) is 0 Å². The minimum Gasteiger partial charge on any atom is -0.324 e. The van der Waals surface area contributed by atoms with E-state index in [4.69, 9.17) is 0 Å². The van der Waals surface area contributed by atoms with Crippen molar-refractivity contribution in [1.82, 2.24) is 15.1 Å². The molecule has 1 aromatic carbocycles. The van der Waals surface area contributed by atoms with Crippen molar-refractivity contribution >= 4 is 23.7 Å². The van der Waals surface area contributed by atoms with E-state index in [0.29, 0.717) is 13.0 Å². The molecular formula is C18H21F3N4O3. The van der Waals surface area contributed by atoms with E-state index in [0.717, 1.165) is 12.1 Å². The highest BCUT2D eigenvalue weighted by molar-refractivity contribution is 6.07. The van der Waals surface area contributed by atoms with E-state index >= 15 is 0 Å². The molecule has 2 heterocycles. The van der Waals surface area contributed by atoms with Gasteiger partial charge < -0.3 is 15.5 Å². The van der Waals surface area contributed by atoms with Gasteiger partial charge in [0.15, 0.2) is 0 Å². The molecule has 2 N–H and O–H groups in total. The lowest BCUT2D eigenvalue weighted by molar-refractivity contribution is -0.137. The van der Waals surface area contributed by atoms with Crippen LogP contribution in [-0.4, -0.2) is 52.9 Å². The van der Waals surface area contributed by atoms with Crippen LogP contribution in [0.15, 0.2) is 24.3 Å². The first-order valence-corrected chi connectivity index (χ1v) is 9.03. The number of likely N-dealkylation sites (tertiary alicyclic amines) is 1. The summed E-state index contributed by atoms with van der Waals surface area (Å²) in [6, 6.07) is 3.43. The Labute approximate surface area is 159 Å². The van der Waals surface area contributed by atoms with Crippen LogP contribution in [0.3, 0.4) is 0 Å². The number of nitrogens with zero attached hydrogens (tertiary/aromatic N) is 2. The SMILES string of the molecule is CCCN1C(=O)NC2(CCN(C(=O)Nc3cccc(C(F)(F)F)c3)CC2)C1=O. The maximum atomic E-state index is 12.8. The van der Waals surface area contributed by atoms with Crippen LogP contribution >= 0.6 is 0 Å². The average Bonchev–Trinajstić information content (AvgIpc) is 2.86. The molecule has 3 rings (SSSR count). The first-order valence-electron chi connectivity index (χ1n) is 9.03. The molecule has 5 amide bonds. The summed E-state index contributed by atoms with van der Waals surface area (Å²) >= 11 is 0. The summed E-state index contributed by atoms with van der Waals surface area (Å²) in [4.78, 5) is 39.6. The number of nitrogens with one attached hydrogen (secondary N) is 2. The van der Waals surface area contributed by atoms with Crippen LogP contribution in [-0.2, 0) is 11.0 Å². The Bertz CT molecular complexity index is 789. The molecular weight excluding hydrogens is 377 g/mol. The van der Waals surface area contributed by atoms with Crippen molar-refractivity contribution in [2.75, 3.05) is 25.0 Å². The lowest BCUT2D eigenvalue weighted by atomic mass is 9.87. The number of anilines is 1. The van der Waals surface area contributed by atoms with Crippen LogP contribution in [0.1, 0.15) is 31.7 Å². The lowest BCUT2D eigenvalue weighted by Crippen LogP contribution is -2.56. The van der Waals surface area contributed by atoms with E-state index in [9.17, 15) is 27.6 Å².